The molecular weight excluding hydrogens is 212 g/mol. The van der Waals surface area contributed by atoms with Gasteiger partial charge in [0, 0.05) is 0 Å². The predicted molar refractivity (Wildman–Crippen MR) is 67.9 cm³/mol. The molecule has 0 saturated heterocycles. The van der Waals surface area contributed by atoms with Crippen LogP contribution in [0.3, 0.4) is 0 Å². The highest BCUT2D eigenvalue weighted by molar-refractivity contribution is 5.78. The SMILES string of the molecule is COC(=O)C1(Cc2ccc(C)c(C)c2)CCC1. The molecule has 0 radical (unpaired) electrons. The molecule has 0 unspecified atom stereocenters. The van der Waals surface area contributed by atoms with Gasteiger partial charge in [-0.1, -0.05) is 24.6 Å². The summed E-state index contributed by atoms with van der Waals surface area (Å²) in [6, 6.07) is 6.46. The molecule has 17 heavy (non-hydrogen) atoms. The van der Waals surface area contributed by atoms with E-state index in [1.54, 1.807) is 0 Å². The van der Waals surface area contributed by atoms with Gasteiger partial charge in [0.15, 0.2) is 0 Å². The predicted octanol–water partition coefficient (Wildman–Crippen LogP) is 3.19. The Balaban J connectivity index is 2.18. The summed E-state index contributed by atoms with van der Waals surface area (Å²) < 4.78 is 4.94. The van der Waals surface area contributed by atoms with Crippen LogP contribution in [0, 0.1) is 19.3 Å². The van der Waals surface area contributed by atoms with E-state index in [0.717, 1.165) is 25.7 Å². The zero-order valence-corrected chi connectivity index (χ0v) is 10.9. The van der Waals surface area contributed by atoms with Gasteiger partial charge in [-0.2, -0.15) is 0 Å². The molecule has 0 amide bonds. The Kier molecular flexibility index (Phi) is 3.23. The summed E-state index contributed by atoms with van der Waals surface area (Å²) in [4.78, 5) is 11.9. The number of rotatable bonds is 3. The summed E-state index contributed by atoms with van der Waals surface area (Å²) >= 11 is 0. The monoisotopic (exact) mass is 232 g/mol. The Bertz CT molecular complexity index is 431. The lowest BCUT2D eigenvalue weighted by atomic mass is 9.65. The number of carbonyl (C=O) groups excluding carboxylic acids is 1. The van der Waals surface area contributed by atoms with Crippen LogP contribution in [0.2, 0.25) is 0 Å². The highest BCUT2D eigenvalue weighted by atomic mass is 16.5. The average Bonchev–Trinajstić information content (AvgIpc) is 2.27. The van der Waals surface area contributed by atoms with Crippen LogP contribution in [0.5, 0.6) is 0 Å². The van der Waals surface area contributed by atoms with Gasteiger partial charge < -0.3 is 4.74 Å². The van der Waals surface area contributed by atoms with Gasteiger partial charge in [0.1, 0.15) is 0 Å². The smallest absolute Gasteiger partial charge is 0.312 e. The molecule has 2 rings (SSSR count). The normalized spacial score (nSPS) is 17.4. The van der Waals surface area contributed by atoms with Gasteiger partial charge in [-0.15, -0.1) is 0 Å². The van der Waals surface area contributed by atoms with Crippen molar-refractivity contribution in [2.45, 2.75) is 39.5 Å². The number of hydrogen-bond acceptors (Lipinski definition) is 2. The van der Waals surface area contributed by atoms with Crippen LogP contribution >= 0.6 is 0 Å². The lowest BCUT2D eigenvalue weighted by molar-refractivity contribution is -0.158. The fourth-order valence-electron chi connectivity index (χ4n) is 2.58. The highest BCUT2D eigenvalue weighted by Crippen LogP contribution is 2.44. The number of ether oxygens (including phenoxy) is 1. The van der Waals surface area contributed by atoms with Crippen LogP contribution in [0.1, 0.15) is 36.0 Å². The largest absolute Gasteiger partial charge is 0.469 e. The molecule has 1 fully saturated rings. The Morgan fingerprint density at radius 3 is 2.47 bits per heavy atom. The number of esters is 1. The molecule has 2 nitrogen and oxygen atoms in total. The first kappa shape index (κ1) is 12.2. The minimum absolute atomic E-state index is 0.0398. The van der Waals surface area contributed by atoms with Gasteiger partial charge in [-0.05, 0) is 49.8 Å². The van der Waals surface area contributed by atoms with Crippen molar-refractivity contribution in [2.75, 3.05) is 7.11 Å². The van der Waals surface area contributed by atoms with Crippen molar-refractivity contribution < 1.29 is 9.53 Å². The average molecular weight is 232 g/mol. The standard InChI is InChI=1S/C15H20O2/c1-11-5-6-13(9-12(11)2)10-15(7-4-8-15)14(16)17-3/h5-6,9H,4,7-8,10H2,1-3H3. The van der Waals surface area contributed by atoms with Crippen molar-refractivity contribution in [2.24, 2.45) is 5.41 Å². The van der Waals surface area contributed by atoms with Crippen molar-refractivity contribution in [3.63, 3.8) is 0 Å². The summed E-state index contributed by atoms with van der Waals surface area (Å²) in [5.74, 6) is -0.0398. The Hall–Kier alpha value is -1.31. The quantitative estimate of drug-likeness (QED) is 0.748. The van der Waals surface area contributed by atoms with Crippen molar-refractivity contribution in [3.8, 4) is 0 Å². The summed E-state index contributed by atoms with van der Waals surface area (Å²) in [5.41, 5.74) is 3.60. The summed E-state index contributed by atoms with van der Waals surface area (Å²) in [6.07, 6.45) is 3.89. The molecule has 0 aliphatic heterocycles. The Labute approximate surface area is 103 Å². The zero-order valence-electron chi connectivity index (χ0n) is 10.9. The third kappa shape index (κ3) is 2.21. The van der Waals surface area contributed by atoms with E-state index in [1.807, 2.05) is 0 Å². The van der Waals surface area contributed by atoms with Gasteiger partial charge in [0.05, 0.1) is 12.5 Å². The van der Waals surface area contributed by atoms with Crippen molar-refractivity contribution in [3.05, 3.63) is 34.9 Å². The van der Waals surface area contributed by atoms with E-state index in [9.17, 15) is 4.79 Å². The second-order valence-corrected chi connectivity index (χ2v) is 5.22. The molecule has 1 saturated carbocycles. The Morgan fingerprint density at radius 2 is 2.00 bits per heavy atom. The topological polar surface area (TPSA) is 26.3 Å². The first-order chi connectivity index (χ1) is 8.07. The molecule has 92 valence electrons. The maximum absolute atomic E-state index is 11.9. The van der Waals surface area contributed by atoms with Gasteiger partial charge in [-0.3, -0.25) is 4.79 Å². The van der Waals surface area contributed by atoms with E-state index in [2.05, 4.69) is 32.0 Å². The van der Waals surface area contributed by atoms with Crippen LogP contribution in [0.4, 0.5) is 0 Å². The van der Waals surface area contributed by atoms with Gasteiger partial charge >= 0.3 is 5.97 Å². The van der Waals surface area contributed by atoms with E-state index in [1.165, 1.54) is 23.8 Å². The Morgan fingerprint density at radius 1 is 1.29 bits per heavy atom. The van der Waals surface area contributed by atoms with E-state index in [0.29, 0.717) is 0 Å². The second kappa shape index (κ2) is 4.52. The van der Waals surface area contributed by atoms with Crippen molar-refractivity contribution >= 4 is 5.97 Å². The van der Waals surface area contributed by atoms with E-state index >= 15 is 0 Å². The molecule has 0 bridgehead atoms. The van der Waals surface area contributed by atoms with Crippen LogP contribution in [-0.2, 0) is 16.0 Å². The van der Waals surface area contributed by atoms with Gasteiger partial charge in [0.25, 0.3) is 0 Å². The molecule has 0 N–H and O–H groups in total. The molecule has 0 aromatic heterocycles. The zero-order chi connectivity index (χ0) is 12.5. The number of carbonyl (C=O) groups is 1. The molecule has 0 atom stereocenters. The molecule has 1 aromatic rings. The molecule has 2 heteroatoms. The van der Waals surface area contributed by atoms with Crippen LogP contribution < -0.4 is 0 Å². The fourth-order valence-corrected chi connectivity index (χ4v) is 2.58. The van der Waals surface area contributed by atoms with Crippen molar-refractivity contribution in [1.82, 2.24) is 0 Å². The third-order valence-electron chi connectivity index (χ3n) is 4.04. The van der Waals surface area contributed by atoms with E-state index < -0.39 is 0 Å². The molecule has 1 aromatic carbocycles. The first-order valence-electron chi connectivity index (χ1n) is 6.22. The van der Waals surface area contributed by atoms with Crippen LogP contribution in [0.15, 0.2) is 18.2 Å². The van der Waals surface area contributed by atoms with E-state index in [4.69, 9.17) is 4.74 Å². The van der Waals surface area contributed by atoms with E-state index in [-0.39, 0.29) is 11.4 Å². The highest BCUT2D eigenvalue weighted by Gasteiger charge is 2.45. The minimum atomic E-state index is -0.240. The first-order valence-corrected chi connectivity index (χ1v) is 6.22. The maximum atomic E-state index is 11.9. The number of aryl methyl sites for hydroxylation is 2. The lowest BCUT2D eigenvalue weighted by Crippen LogP contribution is -2.40. The lowest BCUT2D eigenvalue weighted by Gasteiger charge is -2.39. The van der Waals surface area contributed by atoms with Crippen molar-refractivity contribution in [1.29, 1.82) is 0 Å². The van der Waals surface area contributed by atoms with Gasteiger partial charge in [-0.25, -0.2) is 0 Å². The number of hydrogen-bond donors (Lipinski definition) is 0. The van der Waals surface area contributed by atoms with Gasteiger partial charge in [0.2, 0.25) is 0 Å². The minimum Gasteiger partial charge on any atom is -0.469 e. The summed E-state index contributed by atoms with van der Waals surface area (Å²) in [7, 11) is 1.49. The van der Waals surface area contributed by atoms with Crippen LogP contribution in [-0.4, -0.2) is 13.1 Å². The summed E-state index contributed by atoms with van der Waals surface area (Å²) in [5, 5.41) is 0. The fraction of sp³-hybridized carbons (Fsp3) is 0.533. The summed E-state index contributed by atoms with van der Waals surface area (Å²) in [6.45, 7) is 4.23. The molecule has 1 aliphatic carbocycles. The molecular formula is C15H20O2. The number of benzene rings is 1. The second-order valence-electron chi connectivity index (χ2n) is 5.22. The van der Waals surface area contributed by atoms with Crippen LogP contribution in [0.25, 0.3) is 0 Å². The third-order valence-corrected chi connectivity index (χ3v) is 4.04. The molecule has 1 aliphatic rings. The number of methoxy groups -OCH3 is 1. The molecule has 0 spiro atoms. The molecule has 0 heterocycles. The maximum Gasteiger partial charge on any atom is 0.312 e.